The number of benzene rings is 1. The zero-order valence-corrected chi connectivity index (χ0v) is 18.2. The average molecular weight is 451 g/mol. The molecular formula is C20H27BF5NO4. The first kappa shape index (κ1) is 25.5. The molecule has 5 nitrogen and oxygen atoms in total. The van der Waals surface area contributed by atoms with E-state index in [2.05, 4.69) is 0 Å². The number of alkyl halides is 4. The Hall–Kier alpha value is -1.72. The van der Waals surface area contributed by atoms with Gasteiger partial charge in [0.1, 0.15) is 23.6 Å². The van der Waals surface area contributed by atoms with E-state index in [-0.39, 0.29) is 5.46 Å². The topological polar surface area (TPSA) is 67.8 Å². The maximum absolute atomic E-state index is 14.8. The lowest BCUT2D eigenvalue weighted by Crippen LogP contribution is -2.47. The summed E-state index contributed by atoms with van der Waals surface area (Å²) in [7, 11) is -1.12. The summed E-state index contributed by atoms with van der Waals surface area (Å²) in [5, 5.41) is 11.1. The Kier molecular flexibility index (Phi) is 6.86. The van der Waals surface area contributed by atoms with E-state index in [9.17, 15) is 31.9 Å². The monoisotopic (exact) mass is 451 g/mol. The standard InChI is InChI=1S/C20H27BF5NO4/c1-17(2,23)10-14(16(28)29)27-15(20(24,25)26)11-7-8-12(13(22)9-11)21-30-18(3,4)19(5,6)31-21/h7-9,14-15,27H,10H2,1-6H3,(H,28,29). The lowest BCUT2D eigenvalue weighted by atomic mass is 9.78. The highest BCUT2D eigenvalue weighted by Crippen LogP contribution is 2.37. The van der Waals surface area contributed by atoms with E-state index >= 15 is 0 Å². The van der Waals surface area contributed by atoms with Crippen LogP contribution in [0.1, 0.15) is 59.6 Å². The highest BCUT2D eigenvalue weighted by atomic mass is 19.4. The number of aliphatic carboxylic acids is 1. The molecule has 2 unspecified atom stereocenters. The van der Waals surface area contributed by atoms with Crippen LogP contribution in [0, 0.1) is 5.82 Å². The van der Waals surface area contributed by atoms with E-state index in [1.165, 1.54) is 0 Å². The molecule has 1 aromatic rings. The zero-order chi connectivity index (χ0) is 24.0. The third-order valence-electron chi connectivity index (χ3n) is 5.55. The molecule has 0 spiro atoms. The van der Waals surface area contributed by atoms with Crippen LogP contribution in [0.15, 0.2) is 18.2 Å². The van der Waals surface area contributed by atoms with Crippen molar-refractivity contribution in [2.45, 2.75) is 83.1 Å². The van der Waals surface area contributed by atoms with E-state index in [1.54, 1.807) is 27.7 Å². The van der Waals surface area contributed by atoms with Crippen molar-refractivity contribution in [3.63, 3.8) is 0 Å². The lowest BCUT2D eigenvalue weighted by Gasteiger charge is -2.32. The van der Waals surface area contributed by atoms with Gasteiger partial charge in [0.2, 0.25) is 0 Å². The number of rotatable bonds is 7. The molecule has 1 fully saturated rings. The molecule has 31 heavy (non-hydrogen) atoms. The smallest absolute Gasteiger partial charge is 0.480 e. The molecule has 0 radical (unpaired) electrons. The molecule has 0 aromatic heterocycles. The van der Waals surface area contributed by atoms with Crippen LogP contribution >= 0.6 is 0 Å². The van der Waals surface area contributed by atoms with Gasteiger partial charge in [-0.25, -0.2) is 8.78 Å². The first-order valence-corrected chi connectivity index (χ1v) is 9.73. The fraction of sp³-hybridized carbons (Fsp3) is 0.650. The highest BCUT2D eigenvalue weighted by Gasteiger charge is 2.52. The molecule has 0 amide bonds. The summed E-state index contributed by atoms with van der Waals surface area (Å²) in [5.41, 5.74) is -4.20. The minimum Gasteiger partial charge on any atom is -0.480 e. The normalized spacial score (nSPS) is 20.5. The van der Waals surface area contributed by atoms with E-state index < -0.39 is 66.0 Å². The minimum absolute atomic E-state index is 0.0806. The summed E-state index contributed by atoms with van der Waals surface area (Å²) >= 11 is 0. The Morgan fingerprint density at radius 1 is 1.13 bits per heavy atom. The fourth-order valence-corrected chi connectivity index (χ4v) is 3.17. The average Bonchev–Trinajstić information content (AvgIpc) is 2.76. The number of carbonyl (C=O) groups is 1. The molecule has 2 N–H and O–H groups in total. The van der Waals surface area contributed by atoms with Crippen LogP contribution in [0.5, 0.6) is 0 Å². The lowest BCUT2D eigenvalue weighted by molar-refractivity contribution is -0.164. The molecule has 1 aliphatic heterocycles. The van der Waals surface area contributed by atoms with Crippen molar-refractivity contribution in [2.75, 3.05) is 0 Å². The SMILES string of the molecule is CC(C)(F)CC(NC(c1ccc(B2OC(C)(C)C(C)(C)O2)c(F)c1)C(F)(F)F)C(=O)O. The van der Waals surface area contributed by atoms with Crippen LogP contribution in [-0.2, 0) is 14.1 Å². The van der Waals surface area contributed by atoms with Gasteiger partial charge in [-0.2, -0.15) is 13.2 Å². The summed E-state index contributed by atoms with van der Waals surface area (Å²) in [6.45, 7) is 9.13. The Morgan fingerprint density at radius 3 is 2.03 bits per heavy atom. The fourth-order valence-electron chi connectivity index (χ4n) is 3.17. The molecule has 1 saturated heterocycles. The largest absolute Gasteiger partial charge is 0.497 e. The minimum atomic E-state index is -4.95. The van der Waals surface area contributed by atoms with Crippen molar-refractivity contribution < 1.29 is 41.2 Å². The quantitative estimate of drug-likeness (QED) is 0.486. The van der Waals surface area contributed by atoms with E-state index in [1.807, 2.05) is 5.32 Å². The molecule has 1 aromatic carbocycles. The Bertz CT molecular complexity index is 807. The van der Waals surface area contributed by atoms with E-state index in [0.29, 0.717) is 6.07 Å². The van der Waals surface area contributed by atoms with Gasteiger partial charge in [0, 0.05) is 11.9 Å². The Morgan fingerprint density at radius 2 is 1.65 bits per heavy atom. The number of halogens is 5. The summed E-state index contributed by atoms with van der Waals surface area (Å²) in [6.07, 6.45) is -5.66. The summed E-state index contributed by atoms with van der Waals surface area (Å²) in [6, 6.07) is -1.56. The van der Waals surface area contributed by atoms with Gasteiger partial charge in [-0.1, -0.05) is 12.1 Å². The number of carboxylic acid groups (broad SMARTS) is 1. The Labute approximate surface area is 178 Å². The number of carboxylic acids is 1. The van der Waals surface area contributed by atoms with E-state index in [0.717, 1.165) is 26.0 Å². The van der Waals surface area contributed by atoms with Crippen molar-refractivity contribution in [1.82, 2.24) is 5.32 Å². The number of hydrogen-bond donors (Lipinski definition) is 2. The maximum Gasteiger partial charge on any atom is 0.497 e. The van der Waals surface area contributed by atoms with Crippen LogP contribution in [0.4, 0.5) is 22.0 Å². The molecule has 0 aliphatic carbocycles. The van der Waals surface area contributed by atoms with Crippen LogP contribution < -0.4 is 10.8 Å². The third kappa shape index (κ3) is 5.96. The van der Waals surface area contributed by atoms with Crippen LogP contribution in [0.3, 0.4) is 0 Å². The maximum atomic E-state index is 14.8. The van der Waals surface area contributed by atoms with Gasteiger partial charge in [-0.3, -0.25) is 10.1 Å². The van der Waals surface area contributed by atoms with Crippen molar-refractivity contribution in [3.8, 4) is 0 Å². The number of nitrogens with one attached hydrogen (secondary N) is 1. The molecule has 1 heterocycles. The molecule has 1 aliphatic rings. The molecule has 11 heteroatoms. The van der Waals surface area contributed by atoms with Crippen molar-refractivity contribution in [3.05, 3.63) is 29.6 Å². The first-order valence-electron chi connectivity index (χ1n) is 9.73. The second-order valence-corrected chi connectivity index (χ2v) is 9.32. The van der Waals surface area contributed by atoms with Gasteiger partial charge in [0.05, 0.1) is 11.2 Å². The molecular weight excluding hydrogens is 424 g/mol. The van der Waals surface area contributed by atoms with Gasteiger partial charge in [0.15, 0.2) is 0 Å². The van der Waals surface area contributed by atoms with Crippen LogP contribution in [-0.4, -0.2) is 47.3 Å². The predicted molar refractivity (Wildman–Crippen MR) is 105 cm³/mol. The van der Waals surface area contributed by atoms with Crippen molar-refractivity contribution in [2.24, 2.45) is 0 Å². The highest BCUT2D eigenvalue weighted by molar-refractivity contribution is 6.62. The van der Waals surface area contributed by atoms with Crippen LogP contribution in [0.2, 0.25) is 0 Å². The zero-order valence-electron chi connectivity index (χ0n) is 18.2. The van der Waals surface area contributed by atoms with Gasteiger partial charge >= 0.3 is 19.3 Å². The molecule has 0 saturated carbocycles. The molecule has 2 rings (SSSR count). The first-order chi connectivity index (χ1) is 13.8. The summed E-state index contributed by atoms with van der Waals surface area (Å²) < 4.78 is 81.2. The van der Waals surface area contributed by atoms with Crippen molar-refractivity contribution >= 4 is 18.6 Å². The second kappa shape index (κ2) is 8.33. The molecule has 174 valence electrons. The van der Waals surface area contributed by atoms with Gasteiger partial charge in [-0.05, 0) is 53.2 Å². The number of hydrogen-bond acceptors (Lipinski definition) is 4. The summed E-state index contributed by atoms with van der Waals surface area (Å²) in [4.78, 5) is 11.4. The Balaban J connectivity index is 2.35. The van der Waals surface area contributed by atoms with Gasteiger partial charge in [-0.15, -0.1) is 0 Å². The van der Waals surface area contributed by atoms with Crippen LogP contribution in [0.25, 0.3) is 0 Å². The van der Waals surface area contributed by atoms with E-state index in [4.69, 9.17) is 9.31 Å². The molecule has 0 bridgehead atoms. The predicted octanol–water partition coefficient (Wildman–Crippen LogP) is 3.91. The van der Waals surface area contributed by atoms with Gasteiger partial charge < -0.3 is 14.4 Å². The van der Waals surface area contributed by atoms with Gasteiger partial charge in [0.25, 0.3) is 0 Å². The second-order valence-electron chi connectivity index (χ2n) is 9.32. The van der Waals surface area contributed by atoms with Crippen molar-refractivity contribution in [1.29, 1.82) is 0 Å². The molecule has 2 atom stereocenters. The summed E-state index contributed by atoms with van der Waals surface area (Å²) in [5.74, 6) is -2.64. The third-order valence-corrected chi connectivity index (χ3v) is 5.55.